The highest BCUT2D eigenvalue weighted by atomic mass is 16.5. The molecule has 0 radical (unpaired) electrons. The summed E-state index contributed by atoms with van der Waals surface area (Å²) in [6.07, 6.45) is 9.16. The number of carbonyl (C=O) groups excluding carboxylic acids is 1. The minimum Gasteiger partial charge on any atom is -0.381 e. The lowest BCUT2D eigenvalue weighted by Gasteiger charge is -2.57. The number of hydrogen-bond donors (Lipinski definition) is 1. The number of aromatic nitrogens is 2. The van der Waals surface area contributed by atoms with E-state index in [0.29, 0.717) is 12.8 Å². The summed E-state index contributed by atoms with van der Waals surface area (Å²) in [6.45, 7) is 4.27. The Morgan fingerprint density at radius 2 is 2.26 bits per heavy atom. The highest BCUT2D eigenvalue weighted by Gasteiger charge is 2.56. The summed E-state index contributed by atoms with van der Waals surface area (Å²) >= 11 is 0. The van der Waals surface area contributed by atoms with Gasteiger partial charge in [0.25, 0.3) is 0 Å². The third-order valence-corrected chi connectivity index (χ3v) is 5.14. The van der Waals surface area contributed by atoms with E-state index in [1.54, 1.807) is 18.6 Å². The first-order chi connectivity index (χ1) is 11.2. The van der Waals surface area contributed by atoms with Gasteiger partial charge >= 0.3 is 0 Å². The van der Waals surface area contributed by atoms with Crippen molar-refractivity contribution in [3.63, 3.8) is 0 Å². The predicted octanol–water partition coefficient (Wildman–Crippen LogP) is 1.50. The second-order valence-electron chi connectivity index (χ2n) is 6.34. The van der Waals surface area contributed by atoms with Gasteiger partial charge in [-0.2, -0.15) is 0 Å². The molecule has 1 saturated carbocycles. The average molecular weight is 319 g/mol. The molecule has 23 heavy (non-hydrogen) atoms. The lowest BCUT2D eigenvalue weighted by atomic mass is 9.57. The molecule has 1 N–H and O–H groups in total. The molecule has 1 saturated heterocycles. The molecule has 1 aliphatic heterocycles. The Kier molecular flexibility index (Phi) is 5.23. The number of carbonyl (C=O) groups is 1. The van der Waals surface area contributed by atoms with Gasteiger partial charge in [-0.1, -0.05) is 0 Å². The summed E-state index contributed by atoms with van der Waals surface area (Å²) in [4.78, 5) is 20.5. The molecule has 1 aliphatic carbocycles. The Bertz CT molecular complexity index is 517. The number of ether oxygens (including phenoxy) is 2. The van der Waals surface area contributed by atoms with Gasteiger partial charge in [-0.25, -0.2) is 0 Å². The number of hydrogen-bond acceptors (Lipinski definition) is 5. The van der Waals surface area contributed by atoms with Crippen molar-refractivity contribution in [2.45, 2.75) is 51.2 Å². The Morgan fingerprint density at radius 1 is 1.43 bits per heavy atom. The predicted molar refractivity (Wildman–Crippen MR) is 84.8 cm³/mol. The van der Waals surface area contributed by atoms with Crippen LogP contribution in [-0.2, 0) is 20.7 Å². The van der Waals surface area contributed by atoms with Crippen molar-refractivity contribution >= 4 is 5.91 Å². The van der Waals surface area contributed by atoms with Crippen LogP contribution in [0.25, 0.3) is 0 Å². The first-order valence-electron chi connectivity index (χ1n) is 8.48. The number of nitrogens with zero attached hydrogens (tertiary/aromatic N) is 2. The number of aryl methyl sites for hydroxylation is 1. The molecular formula is C17H25N3O3. The molecule has 0 aromatic carbocycles. The first kappa shape index (κ1) is 16.3. The molecule has 2 heterocycles. The van der Waals surface area contributed by atoms with Crippen LogP contribution in [-0.4, -0.2) is 47.8 Å². The molecule has 2 atom stereocenters. The SMILES string of the molecule is CCOC1CC(NC(=O)CCc2cnccn2)C12CCOCC2. The standard InChI is InChI=1S/C17H25N3O3/c1-2-23-15-11-14(17(15)5-9-22-10-6-17)20-16(21)4-3-13-12-18-7-8-19-13/h7-8,12,14-15H,2-6,9-11H2,1H3,(H,20,21). The van der Waals surface area contributed by atoms with Crippen LogP contribution in [0.3, 0.4) is 0 Å². The van der Waals surface area contributed by atoms with Crippen molar-refractivity contribution in [1.82, 2.24) is 15.3 Å². The quantitative estimate of drug-likeness (QED) is 0.860. The molecule has 3 rings (SSSR count). The molecule has 1 aromatic rings. The molecule has 0 bridgehead atoms. The van der Waals surface area contributed by atoms with Crippen molar-refractivity contribution in [1.29, 1.82) is 0 Å². The first-order valence-corrected chi connectivity index (χ1v) is 8.48. The zero-order chi connectivity index (χ0) is 16.1. The minimum absolute atomic E-state index is 0.0659. The van der Waals surface area contributed by atoms with Crippen molar-refractivity contribution in [2.24, 2.45) is 5.41 Å². The van der Waals surface area contributed by atoms with E-state index >= 15 is 0 Å². The third kappa shape index (κ3) is 3.53. The number of nitrogens with one attached hydrogen (secondary N) is 1. The van der Waals surface area contributed by atoms with Crippen LogP contribution in [0.2, 0.25) is 0 Å². The van der Waals surface area contributed by atoms with Gasteiger partial charge in [-0.05, 0) is 32.6 Å². The zero-order valence-electron chi connectivity index (χ0n) is 13.7. The molecule has 2 aliphatic rings. The summed E-state index contributed by atoms with van der Waals surface area (Å²) < 4.78 is 11.4. The van der Waals surface area contributed by atoms with Gasteiger partial charge in [-0.15, -0.1) is 0 Å². The van der Waals surface area contributed by atoms with Crippen LogP contribution in [0.4, 0.5) is 0 Å². The van der Waals surface area contributed by atoms with E-state index in [-0.39, 0.29) is 23.5 Å². The summed E-state index contributed by atoms with van der Waals surface area (Å²) in [6, 6.07) is 0.206. The Labute approximate surface area is 137 Å². The largest absolute Gasteiger partial charge is 0.381 e. The second kappa shape index (κ2) is 7.36. The Hall–Kier alpha value is -1.53. The molecule has 1 aromatic heterocycles. The molecule has 1 spiro atoms. The maximum absolute atomic E-state index is 12.3. The van der Waals surface area contributed by atoms with Gasteiger partial charge in [0.15, 0.2) is 0 Å². The maximum Gasteiger partial charge on any atom is 0.220 e. The van der Waals surface area contributed by atoms with Gasteiger partial charge < -0.3 is 14.8 Å². The van der Waals surface area contributed by atoms with Gasteiger partial charge in [-0.3, -0.25) is 14.8 Å². The fourth-order valence-electron chi connectivity index (χ4n) is 3.77. The van der Waals surface area contributed by atoms with Crippen LogP contribution in [0.15, 0.2) is 18.6 Å². The highest BCUT2D eigenvalue weighted by molar-refractivity contribution is 5.76. The number of amides is 1. The summed E-state index contributed by atoms with van der Waals surface area (Å²) in [5, 5.41) is 3.21. The van der Waals surface area contributed by atoms with E-state index in [0.717, 1.165) is 44.8 Å². The summed E-state index contributed by atoms with van der Waals surface area (Å²) in [5.74, 6) is 0.0847. The van der Waals surface area contributed by atoms with Crippen LogP contribution < -0.4 is 5.32 Å². The van der Waals surface area contributed by atoms with Crippen molar-refractivity contribution in [3.8, 4) is 0 Å². The third-order valence-electron chi connectivity index (χ3n) is 5.14. The normalized spacial score (nSPS) is 25.8. The lowest BCUT2D eigenvalue weighted by molar-refractivity contribution is -0.175. The minimum atomic E-state index is 0.0659. The van der Waals surface area contributed by atoms with E-state index in [4.69, 9.17) is 9.47 Å². The molecule has 126 valence electrons. The van der Waals surface area contributed by atoms with Gasteiger partial charge in [0, 0.05) is 56.3 Å². The van der Waals surface area contributed by atoms with Gasteiger partial charge in [0.05, 0.1) is 11.8 Å². The molecule has 2 fully saturated rings. The molecule has 2 unspecified atom stereocenters. The second-order valence-corrected chi connectivity index (χ2v) is 6.34. The molecule has 6 nitrogen and oxygen atoms in total. The molecule has 6 heteroatoms. The van der Waals surface area contributed by atoms with Crippen LogP contribution in [0, 0.1) is 5.41 Å². The molecule has 1 amide bonds. The summed E-state index contributed by atoms with van der Waals surface area (Å²) in [5.41, 5.74) is 0.917. The topological polar surface area (TPSA) is 73.3 Å². The number of rotatable bonds is 6. The van der Waals surface area contributed by atoms with E-state index < -0.39 is 0 Å². The van der Waals surface area contributed by atoms with Crippen LogP contribution in [0.5, 0.6) is 0 Å². The highest BCUT2D eigenvalue weighted by Crippen LogP contribution is 2.50. The van der Waals surface area contributed by atoms with Crippen molar-refractivity contribution in [2.75, 3.05) is 19.8 Å². The monoisotopic (exact) mass is 319 g/mol. The summed E-state index contributed by atoms with van der Waals surface area (Å²) in [7, 11) is 0. The van der Waals surface area contributed by atoms with E-state index in [1.807, 2.05) is 6.92 Å². The molecular weight excluding hydrogens is 294 g/mol. The van der Waals surface area contributed by atoms with Crippen LogP contribution in [0.1, 0.15) is 38.3 Å². The van der Waals surface area contributed by atoms with E-state index in [9.17, 15) is 4.79 Å². The fourth-order valence-corrected chi connectivity index (χ4v) is 3.77. The Balaban J connectivity index is 1.53. The average Bonchev–Trinajstić information content (AvgIpc) is 2.61. The fraction of sp³-hybridized carbons (Fsp3) is 0.706. The zero-order valence-corrected chi connectivity index (χ0v) is 13.7. The lowest BCUT2D eigenvalue weighted by Crippen LogP contribution is -2.66. The van der Waals surface area contributed by atoms with Crippen LogP contribution >= 0.6 is 0 Å². The Morgan fingerprint density at radius 3 is 2.96 bits per heavy atom. The smallest absolute Gasteiger partial charge is 0.220 e. The van der Waals surface area contributed by atoms with Crippen molar-refractivity contribution < 1.29 is 14.3 Å². The van der Waals surface area contributed by atoms with E-state index in [1.165, 1.54) is 0 Å². The van der Waals surface area contributed by atoms with Crippen molar-refractivity contribution in [3.05, 3.63) is 24.3 Å². The van der Waals surface area contributed by atoms with Gasteiger partial charge in [0.2, 0.25) is 5.91 Å². The maximum atomic E-state index is 12.3. The van der Waals surface area contributed by atoms with Gasteiger partial charge in [0.1, 0.15) is 0 Å². The van der Waals surface area contributed by atoms with E-state index in [2.05, 4.69) is 15.3 Å².